The van der Waals surface area contributed by atoms with E-state index in [1.54, 1.807) is 0 Å². The molecule has 0 aliphatic heterocycles. The molecule has 17 heavy (non-hydrogen) atoms. The van der Waals surface area contributed by atoms with Gasteiger partial charge in [-0.25, -0.2) is 0 Å². The fourth-order valence-corrected chi connectivity index (χ4v) is 1.43. The Morgan fingerprint density at radius 2 is 0.941 bits per heavy atom. The van der Waals surface area contributed by atoms with Gasteiger partial charge in [0.2, 0.25) is 0 Å². The molecule has 0 amide bonds. The first-order chi connectivity index (χ1) is 8.36. The summed E-state index contributed by atoms with van der Waals surface area (Å²) in [6, 6.07) is 21.1. The second-order valence-corrected chi connectivity index (χ2v) is 3.60. The Kier molecular flexibility index (Phi) is 6.72. The minimum atomic E-state index is -0.125. The molecule has 0 atom stereocenters. The van der Waals surface area contributed by atoms with Crippen molar-refractivity contribution in [1.82, 2.24) is 0 Å². The van der Waals surface area contributed by atoms with E-state index < -0.39 is 0 Å². The van der Waals surface area contributed by atoms with Crippen molar-refractivity contribution < 1.29 is 10.2 Å². The number of aliphatic hydroxyl groups excluding tert-OH is 2. The monoisotopic (exact) mass is 230 g/mol. The standard InChI is InChI=1S/C13H12.C2H6O2/c1-3-7-12(8-4-1)11-13-9-5-2-6-10-13;3-1-2-4/h1-10H,11H2;3-4H,1-2H2. The van der Waals surface area contributed by atoms with Crippen LogP contribution in [0.3, 0.4) is 0 Å². The quantitative estimate of drug-likeness (QED) is 0.849. The van der Waals surface area contributed by atoms with Crippen LogP contribution in [0.1, 0.15) is 11.1 Å². The summed E-state index contributed by atoms with van der Waals surface area (Å²) in [6.45, 7) is -0.250. The first-order valence-electron chi connectivity index (χ1n) is 5.66. The Morgan fingerprint density at radius 1 is 0.588 bits per heavy atom. The molecule has 0 radical (unpaired) electrons. The number of hydrogen-bond acceptors (Lipinski definition) is 2. The zero-order valence-corrected chi connectivity index (χ0v) is 9.79. The van der Waals surface area contributed by atoms with E-state index in [1.807, 2.05) is 0 Å². The van der Waals surface area contributed by atoms with E-state index in [4.69, 9.17) is 10.2 Å². The van der Waals surface area contributed by atoms with Gasteiger partial charge >= 0.3 is 0 Å². The van der Waals surface area contributed by atoms with Gasteiger partial charge < -0.3 is 10.2 Å². The Labute approximate surface area is 102 Å². The summed E-state index contributed by atoms with van der Waals surface area (Å²) in [6.07, 6.45) is 1.03. The largest absolute Gasteiger partial charge is 0.394 e. The predicted molar refractivity (Wildman–Crippen MR) is 69.9 cm³/mol. The van der Waals surface area contributed by atoms with Crippen LogP contribution in [0.5, 0.6) is 0 Å². The Hall–Kier alpha value is -1.64. The third-order valence-electron chi connectivity index (χ3n) is 2.19. The van der Waals surface area contributed by atoms with Crippen LogP contribution in [0, 0.1) is 0 Å². The molecule has 0 aromatic heterocycles. The van der Waals surface area contributed by atoms with Gasteiger partial charge in [-0.1, -0.05) is 60.7 Å². The zero-order chi connectivity index (χ0) is 12.3. The van der Waals surface area contributed by atoms with Gasteiger partial charge in [0, 0.05) is 0 Å². The predicted octanol–water partition coefficient (Wildman–Crippen LogP) is 2.25. The van der Waals surface area contributed by atoms with Crippen LogP contribution in [0.4, 0.5) is 0 Å². The number of rotatable bonds is 3. The third kappa shape index (κ3) is 5.85. The van der Waals surface area contributed by atoms with Gasteiger partial charge in [0.1, 0.15) is 0 Å². The molecule has 2 rings (SSSR count). The van der Waals surface area contributed by atoms with Crippen molar-refractivity contribution in [2.45, 2.75) is 6.42 Å². The number of hydrogen-bond donors (Lipinski definition) is 2. The summed E-state index contributed by atoms with van der Waals surface area (Å²) in [5, 5.41) is 15.2. The van der Waals surface area contributed by atoms with Gasteiger partial charge in [-0.3, -0.25) is 0 Å². The highest BCUT2D eigenvalue weighted by Crippen LogP contribution is 2.07. The first-order valence-corrected chi connectivity index (χ1v) is 5.66. The van der Waals surface area contributed by atoms with E-state index in [-0.39, 0.29) is 13.2 Å². The highest BCUT2D eigenvalue weighted by molar-refractivity contribution is 5.25. The summed E-state index contributed by atoms with van der Waals surface area (Å²) in [4.78, 5) is 0. The molecule has 0 bridgehead atoms. The molecule has 0 spiro atoms. The second kappa shape index (κ2) is 8.50. The normalized spacial score (nSPS) is 9.29. The van der Waals surface area contributed by atoms with Gasteiger partial charge in [-0.2, -0.15) is 0 Å². The van der Waals surface area contributed by atoms with E-state index in [2.05, 4.69) is 60.7 Å². The Bertz CT molecular complexity index is 345. The SMILES string of the molecule is OCCO.c1ccc(Cc2ccccc2)cc1. The topological polar surface area (TPSA) is 40.5 Å². The molecule has 2 heteroatoms. The second-order valence-electron chi connectivity index (χ2n) is 3.60. The maximum absolute atomic E-state index is 7.62. The zero-order valence-electron chi connectivity index (χ0n) is 9.79. The maximum Gasteiger partial charge on any atom is 0.0662 e. The van der Waals surface area contributed by atoms with Crippen molar-refractivity contribution in [1.29, 1.82) is 0 Å². The van der Waals surface area contributed by atoms with E-state index >= 15 is 0 Å². The van der Waals surface area contributed by atoms with Crippen LogP contribution in [0.25, 0.3) is 0 Å². The van der Waals surface area contributed by atoms with Crippen LogP contribution in [-0.2, 0) is 6.42 Å². The molecule has 2 nitrogen and oxygen atoms in total. The van der Waals surface area contributed by atoms with Gasteiger partial charge in [0.25, 0.3) is 0 Å². The highest BCUT2D eigenvalue weighted by atomic mass is 16.3. The van der Waals surface area contributed by atoms with Crippen LogP contribution in [0.15, 0.2) is 60.7 Å². The molecular formula is C15H18O2. The van der Waals surface area contributed by atoms with Crippen LogP contribution >= 0.6 is 0 Å². The summed E-state index contributed by atoms with van der Waals surface area (Å²) < 4.78 is 0. The molecule has 0 fully saturated rings. The van der Waals surface area contributed by atoms with Crippen molar-refractivity contribution in [3.05, 3.63) is 71.8 Å². The molecular weight excluding hydrogens is 212 g/mol. The molecule has 0 saturated heterocycles. The van der Waals surface area contributed by atoms with E-state index in [0.717, 1.165) is 6.42 Å². The molecule has 2 aromatic rings. The van der Waals surface area contributed by atoms with E-state index in [0.29, 0.717) is 0 Å². The number of benzene rings is 2. The molecule has 0 aliphatic carbocycles. The third-order valence-corrected chi connectivity index (χ3v) is 2.19. The summed E-state index contributed by atoms with van der Waals surface area (Å²) in [7, 11) is 0. The molecule has 90 valence electrons. The van der Waals surface area contributed by atoms with Crippen LogP contribution in [0.2, 0.25) is 0 Å². The summed E-state index contributed by atoms with van der Waals surface area (Å²) in [5.41, 5.74) is 2.74. The smallest absolute Gasteiger partial charge is 0.0662 e. The van der Waals surface area contributed by atoms with Crippen molar-refractivity contribution in [3.8, 4) is 0 Å². The summed E-state index contributed by atoms with van der Waals surface area (Å²) in [5.74, 6) is 0. The average molecular weight is 230 g/mol. The van der Waals surface area contributed by atoms with Crippen molar-refractivity contribution >= 4 is 0 Å². The average Bonchev–Trinajstić information content (AvgIpc) is 2.41. The fraction of sp³-hybridized carbons (Fsp3) is 0.200. The van der Waals surface area contributed by atoms with E-state index in [9.17, 15) is 0 Å². The molecule has 2 N–H and O–H groups in total. The summed E-state index contributed by atoms with van der Waals surface area (Å²) >= 11 is 0. The molecule has 0 aliphatic rings. The van der Waals surface area contributed by atoms with Gasteiger partial charge in [0.05, 0.1) is 13.2 Å². The molecule has 0 unspecified atom stereocenters. The van der Waals surface area contributed by atoms with E-state index in [1.165, 1.54) is 11.1 Å². The van der Waals surface area contributed by atoms with Gasteiger partial charge in [0.15, 0.2) is 0 Å². The molecule has 0 saturated carbocycles. The highest BCUT2D eigenvalue weighted by Gasteiger charge is 1.92. The Morgan fingerprint density at radius 3 is 1.24 bits per heavy atom. The minimum absolute atomic E-state index is 0.125. The number of aliphatic hydroxyl groups is 2. The lowest BCUT2D eigenvalue weighted by Gasteiger charge is -2.00. The Balaban J connectivity index is 0.000000317. The van der Waals surface area contributed by atoms with Crippen molar-refractivity contribution in [2.24, 2.45) is 0 Å². The molecule has 2 aromatic carbocycles. The van der Waals surface area contributed by atoms with Crippen LogP contribution < -0.4 is 0 Å². The molecule has 0 heterocycles. The minimum Gasteiger partial charge on any atom is -0.394 e. The lowest BCUT2D eigenvalue weighted by molar-refractivity contribution is 0.186. The fourth-order valence-electron chi connectivity index (χ4n) is 1.43. The lowest BCUT2D eigenvalue weighted by Crippen LogP contribution is -1.85. The van der Waals surface area contributed by atoms with Crippen molar-refractivity contribution in [3.63, 3.8) is 0 Å². The van der Waals surface area contributed by atoms with Crippen molar-refractivity contribution in [2.75, 3.05) is 13.2 Å². The van der Waals surface area contributed by atoms with Gasteiger partial charge in [-0.15, -0.1) is 0 Å². The van der Waals surface area contributed by atoms with Crippen LogP contribution in [-0.4, -0.2) is 23.4 Å². The maximum atomic E-state index is 7.62. The van der Waals surface area contributed by atoms with Gasteiger partial charge in [-0.05, 0) is 17.5 Å². The first kappa shape index (κ1) is 13.4. The lowest BCUT2D eigenvalue weighted by atomic mass is 10.1.